The molecule has 0 aromatic carbocycles. The maximum atomic E-state index is 9.37. The highest BCUT2D eigenvalue weighted by molar-refractivity contribution is 7.99. The largest absolute Gasteiger partial charge is 0.377 e. The van der Waals surface area contributed by atoms with E-state index in [9.17, 15) is 5.11 Å². The quantitative estimate of drug-likeness (QED) is 0.505. The molecule has 0 bridgehead atoms. The molecule has 0 amide bonds. The Morgan fingerprint density at radius 1 is 1.64 bits per heavy atom. The number of rotatable bonds is 5. The third-order valence-electron chi connectivity index (χ3n) is 1.34. The van der Waals surface area contributed by atoms with E-state index in [-0.39, 0.29) is 0 Å². The van der Waals surface area contributed by atoms with Crippen LogP contribution in [0.3, 0.4) is 0 Å². The molecular weight excluding hydrogens is 156 g/mol. The molecule has 0 aliphatic rings. The SMILES string of the molecule is C#CC(C)(O)CSCCCC. The van der Waals surface area contributed by atoms with Gasteiger partial charge in [-0.3, -0.25) is 0 Å². The van der Waals surface area contributed by atoms with Gasteiger partial charge in [0, 0.05) is 5.75 Å². The van der Waals surface area contributed by atoms with Gasteiger partial charge in [-0.25, -0.2) is 0 Å². The van der Waals surface area contributed by atoms with Crippen molar-refractivity contribution in [1.29, 1.82) is 0 Å². The van der Waals surface area contributed by atoms with Crippen molar-refractivity contribution in [2.45, 2.75) is 32.3 Å². The number of terminal acetylenes is 1. The molecule has 1 atom stereocenters. The van der Waals surface area contributed by atoms with Gasteiger partial charge in [-0.15, -0.1) is 6.42 Å². The molecule has 2 heteroatoms. The third kappa shape index (κ3) is 6.28. The van der Waals surface area contributed by atoms with Crippen molar-refractivity contribution in [2.24, 2.45) is 0 Å². The molecule has 11 heavy (non-hydrogen) atoms. The smallest absolute Gasteiger partial charge is 0.131 e. The lowest BCUT2D eigenvalue weighted by Crippen LogP contribution is -2.24. The van der Waals surface area contributed by atoms with Crippen molar-refractivity contribution in [3.63, 3.8) is 0 Å². The summed E-state index contributed by atoms with van der Waals surface area (Å²) < 4.78 is 0. The van der Waals surface area contributed by atoms with Gasteiger partial charge >= 0.3 is 0 Å². The maximum absolute atomic E-state index is 9.37. The van der Waals surface area contributed by atoms with Crippen molar-refractivity contribution in [3.8, 4) is 12.3 Å². The normalized spacial score (nSPS) is 15.5. The summed E-state index contributed by atoms with van der Waals surface area (Å²) in [5, 5.41) is 9.37. The minimum absolute atomic E-state index is 0.642. The standard InChI is InChI=1S/C9H16OS/c1-4-6-7-11-8-9(3,10)5-2/h2,10H,4,6-8H2,1,3H3. The van der Waals surface area contributed by atoms with Crippen LogP contribution in [0.5, 0.6) is 0 Å². The van der Waals surface area contributed by atoms with E-state index in [1.165, 1.54) is 12.8 Å². The average molecular weight is 172 g/mol. The molecule has 0 saturated carbocycles. The maximum Gasteiger partial charge on any atom is 0.131 e. The molecule has 64 valence electrons. The Balaban J connectivity index is 3.32. The Bertz CT molecular complexity index is 135. The summed E-state index contributed by atoms with van der Waals surface area (Å²) in [5.74, 6) is 4.09. The highest BCUT2D eigenvalue weighted by atomic mass is 32.2. The Morgan fingerprint density at radius 3 is 2.73 bits per heavy atom. The van der Waals surface area contributed by atoms with E-state index in [1.54, 1.807) is 18.7 Å². The van der Waals surface area contributed by atoms with Crippen LogP contribution < -0.4 is 0 Å². The van der Waals surface area contributed by atoms with Crippen LogP contribution in [0.1, 0.15) is 26.7 Å². The number of hydrogen-bond acceptors (Lipinski definition) is 2. The Labute approximate surface area is 73.6 Å². The predicted octanol–water partition coefficient (Wildman–Crippen LogP) is 1.90. The van der Waals surface area contributed by atoms with Gasteiger partial charge in [0.2, 0.25) is 0 Å². The zero-order valence-electron chi connectivity index (χ0n) is 7.26. The Hall–Kier alpha value is -0.130. The van der Waals surface area contributed by atoms with Gasteiger partial charge in [0.1, 0.15) is 5.60 Å². The van der Waals surface area contributed by atoms with E-state index in [4.69, 9.17) is 6.42 Å². The average Bonchev–Trinajstić information content (AvgIpc) is 1.99. The number of unbranched alkanes of at least 4 members (excludes halogenated alkanes) is 1. The van der Waals surface area contributed by atoms with Crippen molar-refractivity contribution < 1.29 is 5.11 Å². The highest BCUT2D eigenvalue weighted by Crippen LogP contribution is 2.13. The van der Waals surface area contributed by atoms with E-state index >= 15 is 0 Å². The van der Waals surface area contributed by atoms with Crippen LogP contribution in [-0.2, 0) is 0 Å². The lowest BCUT2D eigenvalue weighted by molar-refractivity contribution is 0.149. The molecular formula is C9H16OS. The summed E-state index contributed by atoms with van der Waals surface area (Å²) in [6.07, 6.45) is 7.51. The van der Waals surface area contributed by atoms with Gasteiger partial charge < -0.3 is 5.11 Å². The van der Waals surface area contributed by atoms with Crippen molar-refractivity contribution in [1.82, 2.24) is 0 Å². The first-order valence-electron chi connectivity index (χ1n) is 3.90. The number of thioether (sulfide) groups is 1. The van der Waals surface area contributed by atoms with Crippen LogP contribution in [0.25, 0.3) is 0 Å². The molecule has 0 fully saturated rings. The molecule has 0 rings (SSSR count). The lowest BCUT2D eigenvalue weighted by atomic mass is 10.2. The first-order chi connectivity index (χ1) is 5.12. The number of hydrogen-bond donors (Lipinski definition) is 1. The fraction of sp³-hybridized carbons (Fsp3) is 0.778. The van der Waals surface area contributed by atoms with Crippen LogP contribution >= 0.6 is 11.8 Å². The predicted molar refractivity (Wildman–Crippen MR) is 51.7 cm³/mol. The first-order valence-corrected chi connectivity index (χ1v) is 5.05. The first kappa shape index (κ1) is 10.9. The van der Waals surface area contributed by atoms with Crippen LogP contribution in [0.15, 0.2) is 0 Å². The van der Waals surface area contributed by atoms with Crippen LogP contribution in [0.2, 0.25) is 0 Å². The lowest BCUT2D eigenvalue weighted by Gasteiger charge is -2.14. The zero-order valence-corrected chi connectivity index (χ0v) is 8.08. The summed E-state index contributed by atoms with van der Waals surface area (Å²) in [6.45, 7) is 3.83. The zero-order chi connectivity index (χ0) is 8.74. The van der Waals surface area contributed by atoms with Gasteiger partial charge in [-0.2, -0.15) is 11.8 Å². The molecule has 0 spiro atoms. The molecule has 0 radical (unpaired) electrons. The molecule has 0 heterocycles. The van der Waals surface area contributed by atoms with E-state index in [0.29, 0.717) is 5.75 Å². The Kier molecular flexibility index (Phi) is 5.45. The molecule has 0 aromatic heterocycles. The molecule has 0 aromatic rings. The van der Waals surface area contributed by atoms with Gasteiger partial charge in [-0.1, -0.05) is 19.3 Å². The highest BCUT2D eigenvalue weighted by Gasteiger charge is 2.15. The minimum Gasteiger partial charge on any atom is -0.377 e. The van der Waals surface area contributed by atoms with E-state index < -0.39 is 5.60 Å². The molecule has 0 aliphatic carbocycles. The van der Waals surface area contributed by atoms with Gasteiger partial charge in [0.05, 0.1) is 0 Å². The summed E-state index contributed by atoms with van der Waals surface area (Å²) in [7, 11) is 0. The topological polar surface area (TPSA) is 20.2 Å². The second kappa shape index (κ2) is 5.51. The fourth-order valence-corrected chi connectivity index (χ4v) is 1.68. The van der Waals surface area contributed by atoms with Gasteiger partial charge in [0.25, 0.3) is 0 Å². The Morgan fingerprint density at radius 2 is 2.27 bits per heavy atom. The van der Waals surface area contributed by atoms with Gasteiger partial charge in [-0.05, 0) is 19.1 Å². The minimum atomic E-state index is -0.918. The van der Waals surface area contributed by atoms with Crippen LogP contribution in [0, 0.1) is 12.3 Å². The molecule has 1 N–H and O–H groups in total. The second-order valence-corrected chi connectivity index (χ2v) is 3.93. The molecule has 0 aliphatic heterocycles. The monoisotopic (exact) mass is 172 g/mol. The van der Waals surface area contributed by atoms with Crippen LogP contribution in [0.4, 0.5) is 0 Å². The third-order valence-corrected chi connectivity index (χ3v) is 2.68. The van der Waals surface area contributed by atoms with E-state index in [0.717, 1.165) is 5.75 Å². The summed E-state index contributed by atoms with van der Waals surface area (Å²) in [6, 6.07) is 0. The second-order valence-electron chi connectivity index (χ2n) is 2.82. The van der Waals surface area contributed by atoms with Crippen LogP contribution in [-0.4, -0.2) is 22.2 Å². The summed E-state index contributed by atoms with van der Waals surface area (Å²) >= 11 is 1.72. The summed E-state index contributed by atoms with van der Waals surface area (Å²) in [4.78, 5) is 0. The van der Waals surface area contributed by atoms with Gasteiger partial charge in [0.15, 0.2) is 0 Å². The molecule has 0 saturated heterocycles. The van der Waals surface area contributed by atoms with Crippen molar-refractivity contribution in [2.75, 3.05) is 11.5 Å². The summed E-state index contributed by atoms with van der Waals surface area (Å²) in [5.41, 5.74) is -0.918. The fourth-order valence-electron chi connectivity index (χ4n) is 0.559. The number of aliphatic hydroxyl groups is 1. The molecule has 1 unspecified atom stereocenters. The van der Waals surface area contributed by atoms with E-state index in [1.807, 2.05) is 0 Å². The van der Waals surface area contributed by atoms with E-state index in [2.05, 4.69) is 12.8 Å². The van der Waals surface area contributed by atoms with Crippen molar-refractivity contribution >= 4 is 11.8 Å². The van der Waals surface area contributed by atoms with Crippen molar-refractivity contribution in [3.05, 3.63) is 0 Å². The molecule has 1 nitrogen and oxygen atoms in total.